The lowest BCUT2D eigenvalue weighted by molar-refractivity contribution is -0.116. The van der Waals surface area contributed by atoms with Gasteiger partial charge >= 0.3 is 0 Å². The topological polar surface area (TPSA) is 76.0 Å². The normalized spacial score (nSPS) is 10.5. The van der Waals surface area contributed by atoms with Crippen molar-refractivity contribution >= 4 is 23.2 Å². The smallest absolute Gasteiger partial charge is 0.224 e. The summed E-state index contributed by atoms with van der Waals surface area (Å²) in [4.78, 5) is 23.9. The molecule has 1 aromatic heterocycles. The zero-order valence-electron chi connectivity index (χ0n) is 16.1. The second kappa shape index (κ2) is 8.99. The molecule has 0 fully saturated rings. The molecule has 0 saturated carbocycles. The number of nitrogens with one attached hydrogen (secondary N) is 2. The molecule has 0 unspecified atom stereocenters. The number of hydrogen-bond donors (Lipinski definition) is 2. The molecule has 28 heavy (non-hydrogen) atoms. The second-order valence-electron chi connectivity index (χ2n) is 6.61. The fraction of sp³-hybridized carbons (Fsp3) is 0.227. The lowest BCUT2D eigenvalue weighted by atomic mass is 10.1. The minimum Gasteiger partial charge on any atom is -0.326 e. The first-order chi connectivity index (χ1) is 13.5. The van der Waals surface area contributed by atoms with Crippen LogP contribution in [0.15, 0.2) is 60.9 Å². The summed E-state index contributed by atoms with van der Waals surface area (Å²) in [5.74, 6) is -0.133. The molecule has 0 aliphatic rings. The molecule has 0 aliphatic heterocycles. The molecule has 1 heterocycles. The third-order valence-electron chi connectivity index (χ3n) is 4.41. The monoisotopic (exact) mass is 376 g/mol. The van der Waals surface area contributed by atoms with Gasteiger partial charge in [0.15, 0.2) is 0 Å². The maximum atomic E-state index is 12.4. The number of nitrogens with zero attached hydrogens (tertiary/aromatic N) is 2. The fourth-order valence-electron chi connectivity index (χ4n) is 2.77. The van der Waals surface area contributed by atoms with E-state index in [1.54, 1.807) is 23.9 Å². The van der Waals surface area contributed by atoms with Gasteiger partial charge in [0.2, 0.25) is 11.8 Å². The quantitative estimate of drug-likeness (QED) is 0.652. The third kappa shape index (κ3) is 5.07. The van der Waals surface area contributed by atoms with Crippen LogP contribution in [-0.2, 0) is 16.0 Å². The van der Waals surface area contributed by atoms with E-state index in [0.29, 0.717) is 30.6 Å². The van der Waals surface area contributed by atoms with Crippen molar-refractivity contribution in [3.63, 3.8) is 0 Å². The molecule has 2 aromatic carbocycles. The van der Waals surface area contributed by atoms with E-state index < -0.39 is 0 Å². The average molecular weight is 376 g/mol. The Labute approximate surface area is 164 Å². The Morgan fingerprint density at radius 1 is 1.04 bits per heavy atom. The number of anilines is 2. The van der Waals surface area contributed by atoms with Crippen molar-refractivity contribution in [2.75, 3.05) is 10.6 Å². The van der Waals surface area contributed by atoms with Crippen molar-refractivity contribution in [3.8, 4) is 5.69 Å². The standard InChI is InChI=1S/C22H24N4O2/c1-3-21(27)24-18-11-9-16(2)20(13-18)25-22(28)12-10-17-14-23-26(15-17)19-7-5-4-6-8-19/h4-9,11,13-15H,3,10,12H2,1-2H3,(H,24,27)(H,25,28). The first-order valence-corrected chi connectivity index (χ1v) is 9.34. The van der Waals surface area contributed by atoms with Crippen LogP contribution in [0.25, 0.3) is 5.69 Å². The minimum absolute atomic E-state index is 0.0587. The maximum Gasteiger partial charge on any atom is 0.224 e. The molecule has 0 aliphatic carbocycles. The maximum absolute atomic E-state index is 12.4. The van der Waals surface area contributed by atoms with Crippen molar-refractivity contribution in [2.45, 2.75) is 33.1 Å². The first kappa shape index (κ1) is 19.4. The summed E-state index contributed by atoms with van der Waals surface area (Å²) in [5, 5.41) is 10.1. The first-order valence-electron chi connectivity index (χ1n) is 9.34. The van der Waals surface area contributed by atoms with Gasteiger partial charge in [-0.15, -0.1) is 0 Å². The lowest BCUT2D eigenvalue weighted by Gasteiger charge is -2.11. The van der Waals surface area contributed by atoms with Crippen LogP contribution >= 0.6 is 0 Å². The van der Waals surface area contributed by atoms with Gasteiger partial charge in [-0.1, -0.05) is 31.2 Å². The Bertz CT molecular complexity index is 964. The SMILES string of the molecule is CCC(=O)Nc1ccc(C)c(NC(=O)CCc2cnn(-c3ccccc3)c2)c1. The van der Waals surface area contributed by atoms with Crippen molar-refractivity contribution < 1.29 is 9.59 Å². The van der Waals surface area contributed by atoms with Crippen molar-refractivity contribution in [1.82, 2.24) is 9.78 Å². The summed E-state index contributed by atoms with van der Waals surface area (Å²) in [7, 11) is 0. The molecule has 0 bridgehead atoms. The van der Waals surface area contributed by atoms with Crippen molar-refractivity contribution in [2.24, 2.45) is 0 Å². The van der Waals surface area contributed by atoms with Crippen LogP contribution in [0.4, 0.5) is 11.4 Å². The van der Waals surface area contributed by atoms with Crippen molar-refractivity contribution in [3.05, 3.63) is 72.1 Å². The van der Waals surface area contributed by atoms with Gasteiger partial charge in [0, 0.05) is 30.4 Å². The van der Waals surface area contributed by atoms with Gasteiger partial charge in [-0.25, -0.2) is 4.68 Å². The van der Waals surface area contributed by atoms with Crippen LogP contribution in [-0.4, -0.2) is 21.6 Å². The summed E-state index contributed by atoms with van der Waals surface area (Å²) in [6, 6.07) is 15.3. The zero-order valence-corrected chi connectivity index (χ0v) is 16.1. The molecule has 2 N–H and O–H groups in total. The van der Waals surface area contributed by atoms with E-state index in [1.807, 2.05) is 55.6 Å². The predicted octanol–water partition coefficient (Wildman–Crippen LogP) is 4.10. The molecule has 0 spiro atoms. The van der Waals surface area contributed by atoms with Crippen LogP contribution in [0.2, 0.25) is 0 Å². The highest BCUT2D eigenvalue weighted by Gasteiger charge is 2.09. The van der Waals surface area contributed by atoms with E-state index >= 15 is 0 Å². The average Bonchev–Trinajstić information content (AvgIpc) is 3.18. The van der Waals surface area contributed by atoms with Crippen LogP contribution in [0.1, 0.15) is 30.9 Å². The highest BCUT2D eigenvalue weighted by molar-refractivity contribution is 5.94. The third-order valence-corrected chi connectivity index (χ3v) is 4.41. The summed E-state index contributed by atoms with van der Waals surface area (Å²) in [6.45, 7) is 3.72. The van der Waals surface area contributed by atoms with Gasteiger partial charge in [-0.05, 0) is 48.7 Å². The van der Waals surface area contributed by atoms with Crippen molar-refractivity contribution in [1.29, 1.82) is 0 Å². The van der Waals surface area contributed by atoms with E-state index in [2.05, 4.69) is 15.7 Å². The second-order valence-corrected chi connectivity index (χ2v) is 6.61. The van der Waals surface area contributed by atoms with E-state index in [1.165, 1.54) is 0 Å². The number of hydrogen-bond acceptors (Lipinski definition) is 3. The Kier molecular flexibility index (Phi) is 6.22. The van der Waals surface area contributed by atoms with Crippen LogP contribution in [0.5, 0.6) is 0 Å². The van der Waals surface area contributed by atoms with Gasteiger partial charge < -0.3 is 10.6 Å². The molecule has 0 radical (unpaired) electrons. The molecule has 3 aromatic rings. The number of carbonyl (C=O) groups is 2. The van der Waals surface area contributed by atoms with E-state index in [-0.39, 0.29) is 11.8 Å². The Morgan fingerprint density at radius 3 is 2.57 bits per heavy atom. The highest BCUT2D eigenvalue weighted by Crippen LogP contribution is 2.21. The van der Waals surface area contributed by atoms with Gasteiger partial charge in [0.05, 0.1) is 11.9 Å². The summed E-state index contributed by atoms with van der Waals surface area (Å²) in [5.41, 5.74) is 4.31. The minimum atomic E-state index is -0.0745. The van der Waals surface area contributed by atoms with Crippen LogP contribution < -0.4 is 10.6 Å². The van der Waals surface area contributed by atoms with Crippen LogP contribution in [0, 0.1) is 6.92 Å². The molecule has 0 saturated heterocycles. The molecule has 0 atom stereocenters. The summed E-state index contributed by atoms with van der Waals surface area (Å²) < 4.78 is 1.80. The van der Waals surface area contributed by atoms with Gasteiger partial charge in [0.1, 0.15) is 0 Å². The predicted molar refractivity (Wildman–Crippen MR) is 111 cm³/mol. The van der Waals surface area contributed by atoms with Gasteiger partial charge in [-0.3, -0.25) is 9.59 Å². The molecule has 2 amide bonds. The molecular formula is C22H24N4O2. The molecular weight excluding hydrogens is 352 g/mol. The van der Waals surface area contributed by atoms with Gasteiger partial charge in [0.25, 0.3) is 0 Å². The fourth-order valence-corrected chi connectivity index (χ4v) is 2.77. The number of carbonyl (C=O) groups excluding carboxylic acids is 2. The van der Waals surface area contributed by atoms with E-state index in [0.717, 1.165) is 16.8 Å². The Balaban J connectivity index is 1.58. The molecule has 3 rings (SSSR count). The van der Waals surface area contributed by atoms with Gasteiger partial charge in [-0.2, -0.15) is 5.10 Å². The highest BCUT2D eigenvalue weighted by atomic mass is 16.2. The number of rotatable bonds is 7. The number of benzene rings is 2. The Hall–Kier alpha value is -3.41. The lowest BCUT2D eigenvalue weighted by Crippen LogP contribution is -2.14. The largest absolute Gasteiger partial charge is 0.326 e. The van der Waals surface area contributed by atoms with E-state index in [9.17, 15) is 9.59 Å². The molecule has 6 heteroatoms. The summed E-state index contributed by atoms with van der Waals surface area (Å²) in [6.07, 6.45) is 5.09. The van der Waals surface area contributed by atoms with Crippen LogP contribution in [0.3, 0.4) is 0 Å². The number of amides is 2. The molecule has 6 nitrogen and oxygen atoms in total. The Morgan fingerprint density at radius 2 is 1.82 bits per heavy atom. The summed E-state index contributed by atoms with van der Waals surface area (Å²) >= 11 is 0. The number of para-hydroxylation sites is 1. The molecule has 144 valence electrons. The number of aryl methyl sites for hydroxylation is 2. The van der Waals surface area contributed by atoms with E-state index in [4.69, 9.17) is 0 Å². The number of aromatic nitrogens is 2. The zero-order chi connectivity index (χ0) is 19.9.